The third-order valence-corrected chi connectivity index (χ3v) is 3.91. The zero-order chi connectivity index (χ0) is 14.5. The Bertz CT molecular complexity index is 373. The Balaban J connectivity index is 2.63. The third-order valence-electron chi connectivity index (χ3n) is 3.66. The lowest BCUT2D eigenvalue weighted by atomic mass is 9.92. The summed E-state index contributed by atoms with van der Waals surface area (Å²) >= 11 is 5.92. The van der Waals surface area contributed by atoms with Crippen molar-refractivity contribution in [3.8, 4) is 0 Å². The molecule has 3 heteroatoms. The van der Waals surface area contributed by atoms with Crippen LogP contribution < -0.4 is 5.73 Å². The molecule has 1 aromatic rings. The zero-order valence-corrected chi connectivity index (χ0v) is 13.4. The highest BCUT2D eigenvalue weighted by atomic mass is 35.5. The molecule has 0 heterocycles. The molecule has 0 spiro atoms. The van der Waals surface area contributed by atoms with Gasteiger partial charge in [-0.2, -0.15) is 0 Å². The summed E-state index contributed by atoms with van der Waals surface area (Å²) in [6.45, 7) is 11.8. The molecule has 0 saturated heterocycles. The summed E-state index contributed by atoms with van der Waals surface area (Å²) in [4.78, 5) is 2.50. The molecule has 0 bridgehead atoms. The topological polar surface area (TPSA) is 29.3 Å². The minimum atomic E-state index is 0.171. The maximum atomic E-state index is 5.92. The van der Waals surface area contributed by atoms with Crippen LogP contribution in [0.3, 0.4) is 0 Å². The number of nitrogens with two attached hydrogens (primary N) is 1. The van der Waals surface area contributed by atoms with Gasteiger partial charge < -0.3 is 10.6 Å². The summed E-state index contributed by atoms with van der Waals surface area (Å²) in [6.07, 6.45) is 1.05. The Hall–Kier alpha value is -0.570. The van der Waals surface area contributed by atoms with Gasteiger partial charge in [-0.05, 0) is 49.5 Å². The van der Waals surface area contributed by atoms with Gasteiger partial charge in [0.1, 0.15) is 0 Å². The van der Waals surface area contributed by atoms with E-state index in [-0.39, 0.29) is 5.41 Å². The van der Waals surface area contributed by atoms with Gasteiger partial charge in [-0.3, -0.25) is 0 Å². The summed E-state index contributed by atoms with van der Waals surface area (Å²) < 4.78 is 0. The Morgan fingerprint density at radius 1 is 1.26 bits per heavy atom. The smallest absolute Gasteiger partial charge is 0.0406 e. The molecule has 1 unspecified atom stereocenters. The van der Waals surface area contributed by atoms with Crippen LogP contribution in [0.25, 0.3) is 0 Å². The van der Waals surface area contributed by atoms with E-state index in [4.69, 9.17) is 17.3 Å². The van der Waals surface area contributed by atoms with Gasteiger partial charge in [-0.1, -0.05) is 44.5 Å². The van der Waals surface area contributed by atoms with Crippen LogP contribution >= 0.6 is 11.6 Å². The first-order valence-corrected chi connectivity index (χ1v) is 7.44. The molecule has 2 nitrogen and oxygen atoms in total. The average molecular weight is 283 g/mol. The van der Waals surface area contributed by atoms with Crippen LogP contribution in [0.4, 0.5) is 0 Å². The van der Waals surface area contributed by atoms with Gasteiger partial charge in [-0.15, -0.1) is 0 Å². The van der Waals surface area contributed by atoms with Crippen molar-refractivity contribution < 1.29 is 0 Å². The van der Waals surface area contributed by atoms with E-state index in [0.29, 0.717) is 6.04 Å². The first-order valence-electron chi connectivity index (χ1n) is 7.06. The summed E-state index contributed by atoms with van der Waals surface area (Å²) in [5.74, 6) is 0. The largest absolute Gasteiger partial charge is 0.330 e. The molecule has 1 rings (SSSR count). The Morgan fingerprint density at radius 2 is 1.84 bits per heavy atom. The van der Waals surface area contributed by atoms with Gasteiger partial charge >= 0.3 is 0 Å². The number of halogens is 1. The molecule has 0 amide bonds. The van der Waals surface area contributed by atoms with E-state index in [1.54, 1.807) is 0 Å². The predicted octanol–water partition coefficient (Wildman–Crippen LogP) is 3.58. The van der Waals surface area contributed by atoms with E-state index in [0.717, 1.165) is 31.1 Å². The monoisotopic (exact) mass is 282 g/mol. The fourth-order valence-corrected chi connectivity index (χ4v) is 2.41. The van der Waals surface area contributed by atoms with Crippen LogP contribution in [0.5, 0.6) is 0 Å². The Labute approximate surface area is 122 Å². The van der Waals surface area contributed by atoms with Gasteiger partial charge in [-0.25, -0.2) is 0 Å². The van der Waals surface area contributed by atoms with E-state index in [2.05, 4.69) is 44.7 Å². The lowest BCUT2D eigenvalue weighted by Gasteiger charge is -2.35. The van der Waals surface area contributed by atoms with E-state index in [1.807, 2.05) is 12.1 Å². The van der Waals surface area contributed by atoms with Gasteiger partial charge in [0.05, 0.1) is 0 Å². The molecule has 0 aromatic heterocycles. The third kappa shape index (κ3) is 5.52. The molecule has 0 aliphatic rings. The highest BCUT2D eigenvalue weighted by Crippen LogP contribution is 2.19. The summed E-state index contributed by atoms with van der Waals surface area (Å²) in [7, 11) is 0. The predicted molar refractivity (Wildman–Crippen MR) is 84.7 cm³/mol. The standard InChI is InChI=1S/C16H27ClN2/c1-5-19(12-16(3,4)11-18)13(2)10-14-6-8-15(17)9-7-14/h6-9,13H,5,10-12,18H2,1-4H3. The highest BCUT2D eigenvalue weighted by molar-refractivity contribution is 6.30. The number of hydrogen-bond donors (Lipinski definition) is 1. The van der Waals surface area contributed by atoms with Gasteiger partial charge in [0.2, 0.25) is 0 Å². The van der Waals surface area contributed by atoms with Crippen molar-refractivity contribution >= 4 is 11.6 Å². The molecular formula is C16H27ClN2. The van der Waals surface area contributed by atoms with Crippen LogP contribution in [0.15, 0.2) is 24.3 Å². The fourth-order valence-electron chi connectivity index (χ4n) is 2.28. The van der Waals surface area contributed by atoms with E-state index >= 15 is 0 Å². The first-order chi connectivity index (χ1) is 8.88. The van der Waals surface area contributed by atoms with Crippen LogP contribution in [-0.4, -0.2) is 30.6 Å². The molecule has 2 N–H and O–H groups in total. The van der Waals surface area contributed by atoms with Crippen molar-refractivity contribution in [1.29, 1.82) is 0 Å². The number of nitrogens with zero attached hydrogens (tertiary/aromatic N) is 1. The number of benzene rings is 1. The normalized spacial score (nSPS) is 13.8. The summed E-state index contributed by atoms with van der Waals surface area (Å²) in [5, 5.41) is 0.799. The SMILES string of the molecule is CCN(CC(C)(C)CN)C(C)Cc1ccc(Cl)cc1. The summed E-state index contributed by atoms with van der Waals surface area (Å²) in [6, 6.07) is 8.66. The molecule has 1 aromatic carbocycles. The molecule has 19 heavy (non-hydrogen) atoms. The molecular weight excluding hydrogens is 256 g/mol. The van der Waals surface area contributed by atoms with Gasteiger partial charge in [0, 0.05) is 17.6 Å². The lowest BCUT2D eigenvalue weighted by Crippen LogP contribution is -2.43. The van der Waals surface area contributed by atoms with Gasteiger partial charge in [0.15, 0.2) is 0 Å². The van der Waals surface area contributed by atoms with Crippen LogP contribution in [-0.2, 0) is 6.42 Å². The first kappa shape index (κ1) is 16.5. The minimum Gasteiger partial charge on any atom is -0.330 e. The lowest BCUT2D eigenvalue weighted by molar-refractivity contribution is 0.147. The quantitative estimate of drug-likeness (QED) is 0.828. The zero-order valence-electron chi connectivity index (χ0n) is 12.6. The second-order valence-electron chi connectivity index (χ2n) is 6.11. The number of likely N-dealkylation sites (N-methyl/N-ethyl adjacent to an activating group) is 1. The van der Waals surface area contributed by atoms with Crippen LogP contribution in [0.1, 0.15) is 33.3 Å². The van der Waals surface area contributed by atoms with Crippen molar-refractivity contribution in [3.05, 3.63) is 34.9 Å². The molecule has 1 atom stereocenters. The Morgan fingerprint density at radius 3 is 2.32 bits per heavy atom. The fraction of sp³-hybridized carbons (Fsp3) is 0.625. The maximum Gasteiger partial charge on any atom is 0.0406 e. The molecule has 108 valence electrons. The van der Waals surface area contributed by atoms with E-state index in [1.165, 1.54) is 5.56 Å². The average Bonchev–Trinajstić information content (AvgIpc) is 2.38. The van der Waals surface area contributed by atoms with Crippen LogP contribution in [0, 0.1) is 5.41 Å². The number of hydrogen-bond acceptors (Lipinski definition) is 2. The van der Waals surface area contributed by atoms with E-state index in [9.17, 15) is 0 Å². The Kier molecular flexibility index (Phi) is 6.31. The van der Waals surface area contributed by atoms with Crippen LogP contribution in [0.2, 0.25) is 5.02 Å². The summed E-state index contributed by atoms with van der Waals surface area (Å²) in [5.41, 5.74) is 7.34. The second-order valence-corrected chi connectivity index (χ2v) is 6.55. The van der Waals surface area contributed by atoms with Crippen molar-refractivity contribution in [1.82, 2.24) is 4.90 Å². The molecule has 0 fully saturated rings. The molecule has 0 saturated carbocycles. The molecule has 0 aliphatic carbocycles. The number of rotatable bonds is 7. The highest BCUT2D eigenvalue weighted by Gasteiger charge is 2.22. The van der Waals surface area contributed by atoms with Crippen molar-refractivity contribution in [2.75, 3.05) is 19.6 Å². The molecule has 0 radical (unpaired) electrons. The maximum absolute atomic E-state index is 5.92. The molecule has 0 aliphatic heterocycles. The minimum absolute atomic E-state index is 0.171. The van der Waals surface area contributed by atoms with Crippen molar-refractivity contribution in [3.63, 3.8) is 0 Å². The van der Waals surface area contributed by atoms with Gasteiger partial charge in [0.25, 0.3) is 0 Å². The van der Waals surface area contributed by atoms with Crippen molar-refractivity contribution in [2.24, 2.45) is 11.1 Å². The van der Waals surface area contributed by atoms with Crippen molar-refractivity contribution in [2.45, 2.75) is 40.2 Å². The second kappa shape index (κ2) is 7.28. The van der Waals surface area contributed by atoms with E-state index < -0.39 is 0 Å².